The van der Waals surface area contributed by atoms with E-state index < -0.39 is 10.8 Å². The number of benzene rings is 2. The van der Waals surface area contributed by atoms with Gasteiger partial charge in [-0.3, -0.25) is 14.9 Å². The molecule has 0 saturated heterocycles. The van der Waals surface area contributed by atoms with E-state index in [-0.39, 0.29) is 16.4 Å². The van der Waals surface area contributed by atoms with Gasteiger partial charge in [-0.25, -0.2) is 0 Å². The molecule has 0 radical (unpaired) electrons. The molecule has 0 spiro atoms. The van der Waals surface area contributed by atoms with Crippen molar-refractivity contribution in [3.8, 4) is 17.2 Å². The first-order valence-electron chi connectivity index (χ1n) is 7.62. The van der Waals surface area contributed by atoms with E-state index in [2.05, 4.69) is 5.32 Å². The molecule has 8 nitrogen and oxygen atoms in total. The lowest BCUT2D eigenvalue weighted by Crippen LogP contribution is -2.08. The zero-order valence-electron chi connectivity index (χ0n) is 14.8. The van der Waals surface area contributed by atoms with E-state index in [1.165, 1.54) is 51.7 Å². The number of amides is 1. The summed E-state index contributed by atoms with van der Waals surface area (Å²) in [4.78, 5) is 22.4. The number of anilines is 1. The number of nitrogens with zero attached hydrogens (tertiary/aromatic N) is 1. The van der Waals surface area contributed by atoms with Gasteiger partial charge in [0.15, 0.2) is 11.5 Å². The van der Waals surface area contributed by atoms with Crippen molar-refractivity contribution in [3.63, 3.8) is 0 Å². The van der Waals surface area contributed by atoms with Crippen LogP contribution in [-0.2, 0) is 4.79 Å². The van der Waals surface area contributed by atoms with Gasteiger partial charge < -0.3 is 19.5 Å². The standard InChI is InChI=1S/C18H17ClN2O6/c1-25-15-8-11(9-16(26-2)18(15)27-3)4-7-17(22)20-14-10-12(21(23)24)5-6-13(14)19/h4-10H,1-3H3,(H,20,22). The van der Waals surface area contributed by atoms with Crippen molar-refractivity contribution in [3.05, 3.63) is 57.1 Å². The van der Waals surface area contributed by atoms with Crippen LogP contribution in [0.1, 0.15) is 5.56 Å². The number of ether oxygens (including phenoxy) is 3. The van der Waals surface area contributed by atoms with Crippen molar-refractivity contribution < 1.29 is 23.9 Å². The smallest absolute Gasteiger partial charge is 0.271 e. The quantitative estimate of drug-likeness (QED) is 0.435. The van der Waals surface area contributed by atoms with Crippen molar-refractivity contribution >= 4 is 35.0 Å². The van der Waals surface area contributed by atoms with Crippen molar-refractivity contribution in [2.75, 3.05) is 26.6 Å². The van der Waals surface area contributed by atoms with Gasteiger partial charge in [-0.05, 0) is 29.8 Å². The van der Waals surface area contributed by atoms with Crippen molar-refractivity contribution in [2.24, 2.45) is 0 Å². The van der Waals surface area contributed by atoms with Crippen LogP contribution in [0.25, 0.3) is 6.08 Å². The normalized spacial score (nSPS) is 10.5. The monoisotopic (exact) mass is 392 g/mol. The highest BCUT2D eigenvalue weighted by atomic mass is 35.5. The van der Waals surface area contributed by atoms with Gasteiger partial charge in [0.2, 0.25) is 11.7 Å². The van der Waals surface area contributed by atoms with Crippen LogP contribution in [0.3, 0.4) is 0 Å². The molecule has 0 unspecified atom stereocenters. The van der Waals surface area contributed by atoms with Crippen LogP contribution in [0.5, 0.6) is 17.2 Å². The molecular formula is C18H17ClN2O6. The van der Waals surface area contributed by atoms with Crippen LogP contribution in [-0.4, -0.2) is 32.2 Å². The second kappa shape index (κ2) is 8.91. The Bertz CT molecular complexity index is 872. The predicted molar refractivity (Wildman–Crippen MR) is 102 cm³/mol. The van der Waals surface area contributed by atoms with Gasteiger partial charge in [-0.15, -0.1) is 0 Å². The number of hydrogen-bond donors (Lipinski definition) is 1. The molecule has 0 aliphatic heterocycles. The minimum absolute atomic E-state index is 0.144. The maximum atomic E-state index is 12.1. The highest BCUT2D eigenvalue weighted by Gasteiger charge is 2.13. The summed E-state index contributed by atoms with van der Waals surface area (Å²) < 4.78 is 15.7. The summed E-state index contributed by atoms with van der Waals surface area (Å²) in [5, 5.41) is 13.5. The molecule has 2 aromatic carbocycles. The Hall–Kier alpha value is -3.26. The molecule has 0 aliphatic rings. The minimum atomic E-state index is -0.572. The molecule has 1 amide bonds. The number of methoxy groups -OCH3 is 3. The fourth-order valence-corrected chi connectivity index (χ4v) is 2.43. The Balaban J connectivity index is 2.22. The Morgan fingerprint density at radius 2 is 1.74 bits per heavy atom. The van der Waals surface area contributed by atoms with Crippen LogP contribution in [0.15, 0.2) is 36.4 Å². The summed E-state index contributed by atoms with van der Waals surface area (Å²) in [6, 6.07) is 7.13. The zero-order valence-corrected chi connectivity index (χ0v) is 15.6. The molecule has 27 heavy (non-hydrogen) atoms. The van der Waals surface area contributed by atoms with Crippen LogP contribution in [0.4, 0.5) is 11.4 Å². The first-order chi connectivity index (χ1) is 12.9. The third-order valence-electron chi connectivity index (χ3n) is 3.53. The number of nitro groups is 1. The Kier molecular flexibility index (Phi) is 6.62. The number of carbonyl (C=O) groups is 1. The first kappa shape index (κ1) is 20.1. The fraction of sp³-hybridized carbons (Fsp3) is 0.167. The number of non-ortho nitro benzene ring substituents is 1. The molecular weight excluding hydrogens is 376 g/mol. The van der Waals surface area contributed by atoms with E-state index in [0.29, 0.717) is 22.8 Å². The lowest BCUT2D eigenvalue weighted by atomic mass is 10.1. The van der Waals surface area contributed by atoms with Gasteiger partial charge in [0.1, 0.15) is 0 Å². The van der Waals surface area contributed by atoms with E-state index in [1.54, 1.807) is 12.1 Å². The van der Waals surface area contributed by atoms with E-state index in [4.69, 9.17) is 25.8 Å². The molecule has 0 aromatic heterocycles. The summed E-state index contributed by atoms with van der Waals surface area (Å²) in [6.45, 7) is 0. The maximum Gasteiger partial charge on any atom is 0.271 e. The summed E-state index contributed by atoms with van der Waals surface area (Å²) in [6.07, 6.45) is 2.79. The topological polar surface area (TPSA) is 99.9 Å². The second-order valence-corrected chi connectivity index (χ2v) is 5.61. The van der Waals surface area contributed by atoms with E-state index >= 15 is 0 Å². The Morgan fingerprint density at radius 3 is 2.26 bits per heavy atom. The molecule has 0 bridgehead atoms. The molecule has 2 rings (SSSR count). The van der Waals surface area contributed by atoms with E-state index in [9.17, 15) is 14.9 Å². The summed E-state index contributed by atoms with van der Waals surface area (Å²) in [5.74, 6) is 0.813. The van der Waals surface area contributed by atoms with Gasteiger partial charge in [-0.1, -0.05) is 11.6 Å². The van der Waals surface area contributed by atoms with Gasteiger partial charge in [0.25, 0.3) is 5.69 Å². The van der Waals surface area contributed by atoms with Crippen LogP contribution >= 0.6 is 11.6 Å². The fourth-order valence-electron chi connectivity index (χ4n) is 2.27. The summed E-state index contributed by atoms with van der Waals surface area (Å²) in [5.41, 5.74) is 0.596. The molecule has 0 aliphatic carbocycles. The van der Waals surface area contributed by atoms with Gasteiger partial charge >= 0.3 is 0 Å². The maximum absolute atomic E-state index is 12.1. The second-order valence-electron chi connectivity index (χ2n) is 5.20. The molecule has 1 N–H and O–H groups in total. The highest BCUT2D eigenvalue weighted by Crippen LogP contribution is 2.38. The van der Waals surface area contributed by atoms with Crippen LogP contribution in [0, 0.1) is 10.1 Å². The molecule has 2 aromatic rings. The van der Waals surface area contributed by atoms with Crippen molar-refractivity contribution in [1.82, 2.24) is 0 Å². The average molecular weight is 393 g/mol. The minimum Gasteiger partial charge on any atom is -0.493 e. The van der Waals surface area contributed by atoms with Crippen LogP contribution in [0.2, 0.25) is 5.02 Å². The summed E-state index contributed by atoms with van der Waals surface area (Å²) >= 11 is 5.97. The Morgan fingerprint density at radius 1 is 1.11 bits per heavy atom. The predicted octanol–water partition coefficient (Wildman–Crippen LogP) is 3.93. The Labute approximate surface area is 160 Å². The molecule has 0 saturated carbocycles. The molecule has 9 heteroatoms. The zero-order chi connectivity index (χ0) is 20.0. The molecule has 142 valence electrons. The molecule has 0 fully saturated rings. The third-order valence-corrected chi connectivity index (χ3v) is 3.86. The molecule has 0 atom stereocenters. The number of nitro benzene ring substituents is 1. The largest absolute Gasteiger partial charge is 0.493 e. The number of halogens is 1. The number of rotatable bonds is 7. The SMILES string of the molecule is COc1cc(C=CC(=O)Nc2cc([N+](=O)[O-])ccc2Cl)cc(OC)c1OC. The highest BCUT2D eigenvalue weighted by molar-refractivity contribution is 6.34. The number of carbonyl (C=O) groups excluding carboxylic acids is 1. The van der Waals surface area contributed by atoms with Crippen LogP contribution < -0.4 is 19.5 Å². The number of nitrogens with one attached hydrogen (secondary N) is 1. The van der Waals surface area contributed by atoms with Crippen molar-refractivity contribution in [1.29, 1.82) is 0 Å². The average Bonchev–Trinajstić information content (AvgIpc) is 2.66. The van der Waals surface area contributed by atoms with Gasteiger partial charge in [0.05, 0.1) is 37.0 Å². The first-order valence-corrected chi connectivity index (χ1v) is 8.00. The third kappa shape index (κ3) is 4.89. The lowest BCUT2D eigenvalue weighted by molar-refractivity contribution is -0.384. The van der Waals surface area contributed by atoms with E-state index in [0.717, 1.165) is 0 Å². The van der Waals surface area contributed by atoms with E-state index in [1.807, 2.05) is 0 Å². The van der Waals surface area contributed by atoms with Gasteiger partial charge in [0, 0.05) is 18.2 Å². The van der Waals surface area contributed by atoms with Gasteiger partial charge in [-0.2, -0.15) is 0 Å². The number of hydrogen-bond acceptors (Lipinski definition) is 6. The summed E-state index contributed by atoms with van der Waals surface area (Å²) in [7, 11) is 4.47. The molecule has 0 heterocycles. The lowest BCUT2D eigenvalue weighted by Gasteiger charge is -2.12. The van der Waals surface area contributed by atoms with Crippen molar-refractivity contribution in [2.45, 2.75) is 0 Å².